The zero-order valence-electron chi connectivity index (χ0n) is 24.3. The third-order valence-electron chi connectivity index (χ3n) is 7.39. The first-order valence-electron chi connectivity index (χ1n) is 13.9. The van der Waals surface area contributed by atoms with Crippen LogP contribution in [0.4, 0.5) is 10.1 Å². The average molecular weight is 646 g/mol. The van der Waals surface area contributed by atoms with Gasteiger partial charge in [0.25, 0.3) is 5.91 Å². The summed E-state index contributed by atoms with van der Waals surface area (Å²) in [4.78, 5) is 30.6. The van der Waals surface area contributed by atoms with Crippen molar-refractivity contribution in [1.82, 2.24) is 14.9 Å². The van der Waals surface area contributed by atoms with Gasteiger partial charge in [-0.15, -0.1) is 0 Å². The van der Waals surface area contributed by atoms with Crippen molar-refractivity contribution < 1.29 is 18.7 Å². The van der Waals surface area contributed by atoms with E-state index in [1.54, 1.807) is 18.2 Å². The van der Waals surface area contributed by atoms with E-state index in [0.717, 1.165) is 23.9 Å². The van der Waals surface area contributed by atoms with E-state index in [9.17, 15) is 14.0 Å². The van der Waals surface area contributed by atoms with Crippen LogP contribution in [0.15, 0.2) is 42.5 Å². The van der Waals surface area contributed by atoms with Gasteiger partial charge >= 0.3 is 0 Å². The highest BCUT2D eigenvalue weighted by molar-refractivity contribution is 6.36. The molecule has 0 atom stereocenters. The van der Waals surface area contributed by atoms with Crippen molar-refractivity contribution in [1.29, 1.82) is 0 Å². The van der Waals surface area contributed by atoms with E-state index in [4.69, 9.17) is 44.5 Å². The molecule has 4 aromatic rings. The lowest BCUT2D eigenvalue weighted by molar-refractivity contribution is -0.128. The predicted octanol–water partition coefficient (Wildman–Crippen LogP) is 7.97. The average Bonchev–Trinajstić information content (AvgIpc) is 3.73. The number of hydrogen-bond donors (Lipinski definition) is 2. The molecule has 1 saturated carbocycles. The lowest BCUT2D eigenvalue weighted by Crippen LogP contribution is -2.34. The summed E-state index contributed by atoms with van der Waals surface area (Å²) in [7, 11) is 1.88. The summed E-state index contributed by atoms with van der Waals surface area (Å²) in [6.45, 7) is 6.31. The predicted molar refractivity (Wildman–Crippen MR) is 169 cm³/mol. The van der Waals surface area contributed by atoms with Gasteiger partial charge in [0.2, 0.25) is 5.91 Å². The Balaban J connectivity index is 1.46. The Labute approximate surface area is 264 Å². The number of imidazole rings is 1. The molecule has 5 rings (SSSR count). The molecule has 2 amide bonds. The number of amides is 2. The number of rotatable bonds is 9. The van der Waals surface area contributed by atoms with Gasteiger partial charge in [-0.3, -0.25) is 9.59 Å². The van der Waals surface area contributed by atoms with Gasteiger partial charge in [-0.1, -0.05) is 61.6 Å². The Hall–Kier alpha value is -3.33. The van der Waals surface area contributed by atoms with Gasteiger partial charge in [-0.05, 0) is 60.2 Å². The number of aromatic nitrogens is 2. The summed E-state index contributed by atoms with van der Waals surface area (Å²) < 4.78 is 21.7. The molecular formula is C32H32Cl3FN4O3. The Morgan fingerprint density at radius 2 is 1.81 bits per heavy atom. The maximum Gasteiger partial charge on any atom is 0.259 e. The first-order chi connectivity index (χ1) is 20.3. The van der Waals surface area contributed by atoms with Crippen LogP contribution in [-0.2, 0) is 24.8 Å². The van der Waals surface area contributed by atoms with E-state index in [-0.39, 0.29) is 17.5 Å². The molecule has 1 heterocycles. The molecule has 0 radical (unpaired) electrons. The number of carbonyl (C=O) groups excluding carboxylic acids is 2. The van der Waals surface area contributed by atoms with Gasteiger partial charge in [0.1, 0.15) is 17.4 Å². The van der Waals surface area contributed by atoms with Gasteiger partial charge in [-0.25, -0.2) is 9.37 Å². The Morgan fingerprint density at radius 1 is 1.07 bits per heavy atom. The minimum atomic E-state index is -0.573. The lowest BCUT2D eigenvalue weighted by atomic mass is 9.95. The van der Waals surface area contributed by atoms with E-state index in [0.29, 0.717) is 62.9 Å². The van der Waals surface area contributed by atoms with Crippen molar-refractivity contribution in [2.75, 3.05) is 11.9 Å². The third-order valence-corrected chi connectivity index (χ3v) is 8.50. The molecule has 0 spiro atoms. The number of nitrogens with zero attached hydrogens (tertiary/aromatic N) is 2. The highest BCUT2D eigenvalue weighted by atomic mass is 35.5. The molecule has 7 nitrogen and oxygen atoms in total. The van der Waals surface area contributed by atoms with Crippen molar-refractivity contribution in [3.05, 3.63) is 85.9 Å². The van der Waals surface area contributed by atoms with Crippen LogP contribution in [0, 0.1) is 17.2 Å². The monoisotopic (exact) mass is 644 g/mol. The molecule has 11 heteroatoms. The molecule has 0 unspecified atom stereocenters. The second-order valence-electron chi connectivity index (χ2n) is 11.9. The van der Waals surface area contributed by atoms with Crippen molar-refractivity contribution >= 4 is 63.3 Å². The lowest BCUT2D eigenvalue weighted by Gasteiger charge is -2.18. The van der Waals surface area contributed by atoms with Crippen LogP contribution in [0.25, 0.3) is 11.0 Å². The summed E-state index contributed by atoms with van der Waals surface area (Å²) in [5.41, 5.74) is 2.90. The van der Waals surface area contributed by atoms with Crippen LogP contribution in [0.3, 0.4) is 0 Å². The molecule has 43 heavy (non-hydrogen) atoms. The van der Waals surface area contributed by atoms with E-state index in [2.05, 4.69) is 10.6 Å². The van der Waals surface area contributed by atoms with Crippen LogP contribution >= 0.6 is 34.8 Å². The largest absolute Gasteiger partial charge is 0.492 e. The SMILES string of the molecule is Cn1c(Cc2c(Cl)ccc(CNC(=O)C(C)(C)C)c2Cl)nc2cc(C(=O)Nc3ccc(F)c(Cl)c3)c(OCC3CC3)cc21. The minimum Gasteiger partial charge on any atom is -0.492 e. The van der Waals surface area contributed by atoms with Crippen molar-refractivity contribution in [2.24, 2.45) is 18.4 Å². The third kappa shape index (κ3) is 7.08. The standard InChI is InChI=1S/C32H32Cl3FN4O3/c1-32(2,3)31(42)37-15-18-7-9-22(33)20(29(18)35)13-28-39-25-12-21(30(41)38-19-8-10-24(36)23(34)11-19)27(14-26(25)40(28)4)43-16-17-5-6-17/h7-12,14,17H,5-6,13,15-16H2,1-4H3,(H,37,42)(H,38,41). The number of ether oxygens (including phenoxy) is 1. The zero-order valence-corrected chi connectivity index (χ0v) is 26.6. The first kappa shape index (κ1) is 31.1. The summed E-state index contributed by atoms with van der Waals surface area (Å²) in [5, 5.41) is 6.55. The zero-order chi connectivity index (χ0) is 31.1. The van der Waals surface area contributed by atoms with Crippen LogP contribution in [0.1, 0.15) is 60.9 Å². The number of anilines is 1. The molecule has 3 aromatic carbocycles. The molecule has 1 fully saturated rings. The van der Waals surface area contributed by atoms with Crippen molar-refractivity contribution in [3.8, 4) is 5.75 Å². The fraction of sp³-hybridized carbons (Fsp3) is 0.344. The van der Waals surface area contributed by atoms with E-state index >= 15 is 0 Å². The Kier molecular flexibility index (Phi) is 8.93. The molecule has 0 saturated heterocycles. The normalized spacial score (nSPS) is 13.3. The molecule has 2 N–H and O–H groups in total. The molecule has 0 bridgehead atoms. The minimum absolute atomic E-state index is 0.0857. The molecule has 1 aliphatic carbocycles. The Morgan fingerprint density at radius 3 is 2.49 bits per heavy atom. The maximum atomic E-state index is 13.7. The van der Waals surface area contributed by atoms with Crippen molar-refractivity contribution in [2.45, 2.75) is 46.6 Å². The van der Waals surface area contributed by atoms with Gasteiger partial charge < -0.3 is 19.9 Å². The summed E-state index contributed by atoms with van der Waals surface area (Å²) >= 11 is 19.3. The molecule has 0 aliphatic heterocycles. The van der Waals surface area contributed by atoms with Crippen LogP contribution < -0.4 is 15.4 Å². The molecular weight excluding hydrogens is 614 g/mol. The Bertz CT molecular complexity index is 1730. The smallest absolute Gasteiger partial charge is 0.259 e. The number of carbonyl (C=O) groups is 2. The quantitative estimate of drug-likeness (QED) is 0.193. The maximum absolute atomic E-state index is 13.7. The van der Waals surface area contributed by atoms with Crippen molar-refractivity contribution in [3.63, 3.8) is 0 Å². The summed E-state index contributed by atoms with van der Waals surface area (Å²) in [6, 6.07) is 11.0. The van der Waals surface area contributed by atoms with Crippen LogP contribution in [-0.4, -0.2) is 28.0 Å². The molecule has 226 valence electrons. The fourth-order valence-electron chi connectivity index (χ4n) is 4.53. The number of fused-ring (bicyclic) bond motifs is 1. The summed E-state index contributed by atoms with van der Waals surface area (Å²) in [5.74, 6) is 0.472. The van der Waals surface area contributed by atoms with E-state index < -0.39 is 17.1 Å². The molecule has 1 aliphatic rings. The number of hydrogen-bond acceptors (Lipinski definition) is 4. The number of halogens is 4. The van der Waals surface area contributed by atoms with Crippen LogP contribution in [0.2, 0.25) is 15.1 Å². The van der Waals surface area contributed by atoms with Gasteiger partial charge in [-0.2, -0.15) is 0 Å². The van der Waals surface area contributed by atoms with E-state index in [1.165, 1.54) is 18.2 Å². The van der Waals surface area contributed by atoms with Gasteiger partial charge in [0.15, 0.2) is 0 Å². The topological polar surface area (TPSA) is 85.2 Å². The first-order valence-corrected chi connectivity index (χ1v) is 15.1. The van der Waals surface area contributed by atoms with Crippen LogP contribution in [0.5, 0.6) is 5.75 Å². The number of nitrogens with one attached hydrogen (secondary N) is 2. The highest BCUT2D eigenvalue weighted by Gasteiger charge is 2.25. The fourth-order valence-corrected chi connectivity index (χ4v) is 5.28. The highest BCUT2D eigenvalue weighted by Crippen LogP contribution is 2.35. The molecule has 1 aromatic heterocycles. The summed E-state index contributed by atoms with van der Waals surface area (Å²) in [6.07, 6.45) is 2.50. The number of aryl methyl sites for hydroxylation is 1. The second kappa shape index (κ2) is 12.3. The number of benzene rings is 3. The van der Waals surface area contributed by atoms with Gasteiger partial charge in [0, 0.05) is 42.2 Å². The van der Waals surface area contributed by atoms with Gasteiger partial charge in [0.05, 0.1) is 33.2 Å². The van der Waals surface area contributed by atoms with E-state index in [1.807, 2.05) is 38.5 Å². The second-order valence-corrected chi connectivity index (χ2v) is 13.1.